The Kier molecular flexibility index (Phi) is 7.56. The van der Waals surface area contributed by atoms with Gasteiger partial charge in [0.15, 0.2) is 0 Å². The number of aromatic nitrogens is 1. The first-order valence-corrected chi connectivity index (χ1v) is 11.1. The molecule has 1 amide bonds. The molecule has 0 atom stereocenters. The molecular formula is C23H23FIN5O. The number of rotatable bonds is 7. The minimum absolute atomic E-state index is 0.200. The van der Waals surface area contributed by atoms with Gasteiger partial charge in [0.1, 0.15) is 17.5 Å². The highest BCUT2D eigenvalue weighted by molar-refractivity contribution is 14.1. The molecule has 31 heavy (non-hydrogen) atoms. The number of hydrogen-bond acceptors (Lipinski definition) is 4. The monoisotopic (exact) mass is 531 g/mol. The average molecular weight is 531 g/mol. The first kappa shape index (κ1) is 22.7. The third-order valence-electron chi connectivity index (χ3n) is 4.60. The van der Waals surface area contributed by atoms with Crippen LogP contribution in [0.1, 0.15) is 27.0 Å². The number of carbonyl (C=O) groups is 1. The highest BCUT2D eigenvalue weighted by atomic mass is 127. The Morgan fingerprint density at radius 1 is 1.10 bits per heavy atom. The molecule has 0 saturated heterocycles. The van der Waals surface area contributed by atoms with Crippen molar-refractivity contribution in [3.8, 4) is 0 Å². The van der Waals surface area contributed by atoms with E-state index in [9.17, 15) is 9.18 Å². The molecule has 0 spiro atoms. The number of nitrogens with zero attached hydrogens (tertiary/aromatic N) is 2. The number of anilines is 2. The standard InChI is InChI=1S/C23H23FIN5O/c1-30(2)22(26)17-6-3-15(4-7-17)13-27-20-9-8-18(24)11-19(20)23(31)29-21-10-5-16(12-25)14-28-21/h3-11,14,26-27H,12-13H2,1-2H3,(H,28,29,31). The summed E-state index contributed by atoms with van der Waals surface area (Å²) in [5.74, 6) is -0.0909. The van der Waals surface area contributed by atoms with Gasteiger partial charge in [0.2, 0.25) is 0 Å². The predicted octanol–water partition coefficient (Wildman–Crippen LogP) is 4.91. The lowest BCUT2D eigenvalue weighted by Crippen LogP contribution is -2.21. The number of hydrogen-bond donors (Lipinski definition) is 3. The molecule has 0 unspecified atom stereocenters. The van der Waals surface area contributed by atoms with Crippen LogP contribution >= 0.6 is 22.6 Å². The molecule has 0 bridgehead atoms. The summed E-state index contributed by atoms with van der Waals surface area (Å²) in [4.78, 5) is 18.7. The molecule has 0 fully saturated rings. The van der Waals surface area contributed by atoms with E-state index < -0.39 is 11.7 Å². The van der Waals surface area contributed by atoms with Crippen molar-refractivity contribution in [1.29, 1.82) is 5.41 Å². The van der Waals surface area contributed by atoms with E-state index in [0.29, 0.717) is 23.9 Å². The smallest absolute Gasteiger partial charge is 0.259 e. The lowest BCUT2D eigenvalue weighted by Gasteiger charge is -2.15. The van der Waals surface area contributed by atoms with Crippen LogP contribution < -0.4 is 10.6 Å². The van der Waals surface area contributed by atoms with Gasteiger partial charge in [0.05, 0.1) is 5.56 Å². The van der Waals surface area contributed by atoms with E-state index in [-0.39, 0.29) is 5.56 Å². The van der Waals surface area contributed by atoms with Crippen LogP contribution in [0.4, 0.5) is 15.9 Å². The first-order valence-electron chi connectivity index (χ1n) is 9.58. The molecule has 2 aromatic carbocycles. The Morgan fingerprint density at radius 2 is 1.81 bits per heavy atom. The summed E-state index contributed by atoms with van der Waals surface area (Å²) in [5, 5.41) is 13.9. The van der Waals surface area contributed by atoms with E-state index in [1.165, 1.54) is 12.1 Å². The number of carbonyl (C=O) groups excluding carboxylic acids is 1. The summed E-state index contributed by atoms with van der Waals surface area (Å²) >= 11 is 2.24. The third kappa shape index (κ3) is 6.00. The highest BCUT2D eigenvalue weighted by Gasteiger charge is 2.14. The van der Waals surface area contributed by atoms with Gasteiger partial charge in [-0.2, -0.15) is 0 Å². The maximum Gasteiger partial charge on any atom is 0.259 e. The number of nitrogens with one attached hydrogen (secondary N) is 3. The van der Waals surface area contributed by atoms with Crippen molar-refractivity contribution in [2.75, 3.05) is 24.7 Å². The van der Waals surface area contributed by atoms with Crippen molar-refractivity contribution in [2.45, 2.75) is 11.0 Å². The lowest BCUT2D eigenvalue weighted by atomic mass is 10.1. The molecule has 0 aliphatic carbocycles. The molecule has 3 N–H and O–H groups in total. The van der Waals surface area contributed by atoms with E-state index in [1.807, 2.05) is 44.4 Å². The normalized spacial score (nSPS) is 10.5. The summed E-state index contributed by atoms with van der Waals surface area (Å²) in [5.41, 5.74) is 3.57. The van der Waals surface area contributed by atoms with Gasteiger partial charge >= 0.3 is 0 Å². The molecule has 0 aliphatic rings. The summed E-state index contributed by atoms with van der Waals surface area (Å²) in [6.07, 6.45) is 1.70. The zero-order valence-corrected chi connectivity index (χ0v) is 19.4. The van der Waals surface area contributed by atoms with E-state index in [4.69, 9.17) is 5.41 Å². The van der Waals surface area contributed by atoms with Crippen molar-refractivity contribution >= 4 is 45.8 Å². The number of halogens is 2. The molecule has 3 aromatic rings. The Labute approximate surface area is 194 Å². The predicted molar refractivity (Wildman–Crippen MR) is 131 cm³/mol. The van der Waals surface area contributed by atoms with Crippen molar-refractivity contribution in [3.05, 3.63) is 88.9 Å². The fourth-order valence-corrected chi connectivity index (χ4v) is 3.31. The number of benzene rings is 2. The summed E-state index contributed by atoms with van der Waals surface area (Å²) in [6, 6.07) is 15.3. The van der Waals surface area contributed by atoms with Crippen LogP contribution in [-0.2, 0) is 11.0 Å². The van der Waals surface area contributed by atoms with Gasteiger partial charge in [-0.05, 0) is 35.4 Å². The van der Waals surface area contributed by atoms with E-state index in [0.717, 1.165) is 21.1 Å². The Balaban J connectivity index is 1.72. The van der Waals surface area contributed by atoms with Gasteiger partial charge in [-0.1, -0.05) is 52.9 Å². The van der Waals surface area contributed by atoms with Crippen LogP contribution in [0.5, 0.6) is 0 Å². The number of pyridine rings is 1. The third-order valence-corrected chi connectivity index (χ3v) is 5.49. The minimum Gasteiger partial charge on any atom is -0.380 e. The minimum atomic E-state index is -0.490. The van der Waals surface area contributed by atoms with E-state index >= 15 is 0 Å². The second-order valence-electron chi connectivity index (χ2n) is 7.12. The lowest BCUT2D eigenvalue weighted by molar-refractivity contribution is 0.102. The summed E-state index contributed by atoms with van der Waals surface area (Å²) < 4.78 is 14.7. The SMILES string of the molecule is CN(C)C(=N)c1ccc(CNc2ccc(F)cc2C(=O)Nc2ccc(CI)cn2)cc1. The van der Waals surface area contributed by atoms with Gasteiger partial charge in [-0.25, -0.2) is 9.37 Å². The maximum atomic E-state index is 13.8. The van der Waals surface area contributed by atoms with E-state index in [1.54, 1.807) is 23.2 Å². The van der Waals surface area contributed by atoms with Crippen LogP contribution in [0.3, 0.4) is 0 Å². The molecule has 0 saturated carbocycles. The first-order chi connectivity index (χ1) is 14.9. The molecule has 160 valence electrons. The number of amides is 1. The molecule has 0 aliphatic heterocycles. The molecule has 3 rings (SSSR count). The Bertz CT molecular complexity index is 1070. The van der Waals surface area contributed by atoms with Gasteiger partial charge in [0.25, 0.3) is 5.91 Å². The molecule has 8 heteroatoms. The second kappa shape index (κ2) is 10.3. The molecule has 1 aromatic heterocycles. The maximum absolute atomic E-state index is 13.8. The van der Waals surface area contributed by atoms with Crippen LogP contribution in [0.2, 0.25) is 0 Å². The summed E-state index contributed by atoms with van der Waals surface area (Å²) in [6.45, 7) is 0.449. The fourth-order valence-electron chi connectivity index (χ4n) is 2.86. The molecular weight excluding hydrogens is 508 g/mol. The zero-order chi connectivity index (χ0) is 22.4. The number of alkyl halides is 1. The fraction of sp³-hybridized carbons (Fsp3) is 0.174. The topological polar surface area (TPSA) is 81.1 Å². The van der Waals surface area contributed by atoms with Crippen molar-refractivity contribution in [1.82, 2.24) is 9.88 Å². The zero-order valence-electron chi connectivity index (χ0n) is 17.2. The second-order valence-corrected chi connectivity index (χ2v) is 7.89. The quantitative estimate of drug-likeness (QED) is 0.175. The summed E-state index contributed by atoms with van der Waals surface area (Å²) in [7, 11) is 3.65. The van der Waals surface area contributed by atoms with Gasteiger partial charge in [-0.3, -0.25) is 10.2 Å². The van der Waals surface area contributed by atoms with Gasteiger partial charge in [-0.15, -0.1) is 0 Å². The largest absolute Gasteiger partial charge is 0.380 e. The average Bonchev–Trinajstić information content (AvgIpc) is 2.78. The number of amidine groups is 1. The van der Waals surface area contributed by atoms with Crippen molar-refractivity contribution in [2.24, 2.45) is 0 Å². The van der Waals surface area contributed by atoms with Crippen molar-refractivity contribution < 1.29 is 9.18 Å². The Morgan fingerprint density at radius 3 is 2.42 bits per heavy atom. The van der Waals surface area contributed by atoms with Crippen LogP contribution in [0.25, 0.3) is 0 Å². The highest BCUT2D eigenvalue weighted by Crippen LogP contribution is 2.20. The van der Waals surface area contributed by atoms with E-state index in [2.05, 4.69) is 38.2 Å². The van der Waals surface area contributed by atoms with Crippen LogP contribution in [0, 0.1) is 11.2 Å². The molecule has 1 heterocycles. The van der Waals surface area contributed by atoms with Crippen LogP contribution in [-0.4, -0.2) is 35.7 Å². The van der Waals surface area contributed by atoms with Crippen LogP contribution in [0.15, 0.2) is 60.8 Å². The molecule has 0 radical (unpaired) electrons. The van der Waals surface area contributed by atoms with Crippen molar-refractivity contribution in [3.63, 3.8) is 0 Å². The Hall–Kier alpha value is -3.01. The molecule has 6 nitrogen and oxygen atoms in total. The van der Waals surface area contributed by atoms with Gasteiger partial charge < -0.3 is 15.5 Å². The van der Waals surface area contributed by atoms with Gasteiger partial charge in [0, 0.05) is 42.5 Å².